The van der Waals surface area contributed by atoms with E-state index in [1.165, 1.54) is 6.33 Å². The zero-order chi connectivity index (χ0) is 20.0. The van der Waals surface area contributed by atoms with Crippen LogP contribution in [0.2, 0.25) is 0 Å². The Morgan fingerprint density at radius 2 is 1.76 bits per heavy atom. The van der Waals surface area contributed by atoms with Gasteiger partial charge in [0.2, 0.25) is 0 Å². The summed E-state index contributed by atoms with van der Waals surface area (Å²) < 4.78 is 7.63. The normalized spacial score (nSPS) is 21.1. The second-order valence-electron chi connectivity index (χ2n) is 7.77. The molecule has 0 spiro atoms. The van der Waals surface area contributed by atoms with Crippen LogP contribution >= 0.6 is 0 Å². The average molecular weight is 387 g/mol. The zero-order valence-electron chi connectivity index (χ0n) is 16.0. The molecule has 1 aliphatic rings. The quantitative estimate of drug-likeness (QED) is 0.553. The molecule has 0 aliphatic heterocycles. The molecule has 5 rings (SSSR count). The van der Waals surface area contributed by atoms with E-state index in [4.69, 9.17) is 15.5 Å². The highest BCUT2D eigenvalue weighted by Crippen LogP contribution is 2.45. The van der Waals surface area contributed by atoms with Crippen molar-refractivity contribution in [2.45, 2.75) is 31.3 Å². The lowest BCUT2D eigenvalue weighted by Gasteiger charge is -2.39. The van der Waals surface area contributed by atoms with Crippen molar-refractivity contribution in [2.75, 3.05) is 5.73 Å². The maximum atomic E-state index is 10.1. The summed E-state index contributed by atoms with van der Waals surface area (Å²) >= 11 is 0. The summed E-state index contributed by atoms with van der Waals surface area (Å²) in [6.45, 7) is 1.84. The number of nitrogen functional groups attached to an aromatic ring is 1. The molecule has 1 saturated carbocycles. The van der Waals surface area contributed by atoms with Gasteiger partial charge in [0.25, 0.3) is 0 Å². The molecule has 2 heterocycles. The summed E-state index contributed by atoms with van der Waals surface area (Å²) in [4.78, 5) is 8.99. The minimum absolute atomic E-state index is 0.140. The SMILES string of the molecule is C[C@]1(O)C[C@@H](c2nc(-c3ccc(Oc4ccccc4)cc3)c3c(N)ncnn32)C1. The number of para-hydroxylation sites is 1. The summed E-state index contributed by atoms with van der Waals surface area (Å²) in [6.07, 6.45) is 2.74. The lowest BCUT2D eigenvalue weighted by atomic mass is 9.72. The van der Waals surface area contributed by atoms with Crippen LogP contribution in [0, 0.1) is 0 Å². The highest BCUT2D eigenvalue weighted by atomic mass is 16.5. The van der Waals surface area contributed by atoms with Crippen LogP contribution in [0.4, 0.5) is 5.82 Å². The summed E-state index contributed by atoms with van der Waals surface area (Å²) in [7, 11) is 0. The van der Waals surface area contributed by atoms with Gasteiger partial charge in [-0.2, -0.15) is 5.10 Å². The van der Waals surface area contributed by atoms with E-state index in [1.54, 1.807) is 4.52 Å². The molecule has 2 aromatic carbocycles. The fourth-order valence-corrected chi connectivity index (χ4v) is 3.93. The molecule has 0 atom stereocenters. The Labute approximate surface area is 167 Å². The number of ether oxygens (including phenoxy) is 1. The van der Waals surface area contributed by atoms with E-state index in [0.717, 1.165) is 28.6 Å². The number of hydrogen-bond donors (Lipinski definition) is 2. The molecule has 4 aromatic rings. The van der Waals surface area contributed by atoms with E-state index in [1.807, 2.05) is 61.5 Å². The highest BCUT2D eigenvalue weighted by Gasteiger charge is 2.42. The van der Waals surface area contributed by atoms with Gasteiger partial charge in [-0.3, -0.25) is 0 Å². The van der Waals surface area contributed by atoms with Gasteiger partial charge >= 0.3 is 0 Å². The first-order valence-electron chi connectivity index (χ1n) is 9.55. The number of anilines is 1. The fraction of sp³-hybridized carbons (Fsp3) is 0.227. The van der Waals surface area contributed by atoms with E-state index in [-0.39, 0.29) is 5.92 Å². The first kappa shape index (κ1) is 17.6. The van der Waals surface area contributed by atoms with Gasteiger partial charge in [0.15, 0.2) is 5.82 Å². The number of aromatic nitrogens is 4. The Hall–Kier alpha value is -3.45. The van der Waals surface area contributed by atoms with Gasteiger partial charge in [-0.1, -0.05) is 18.2 Å². The van der Waals surface area contributed by atoms with Crippen LogP contribution < -0.4 is 10.5 Å². The van der Waals surface area contributed by atoms with E-state index in [2.05, 4.69) is 10.1 Å². The van der Waals surface area contributed by atoms with Crippen molar-refractivity contribution in [2.24, 2.45) is 0 Å². The topological polar surface area (TPSA) is 98.6 Å². The van der Waals surface area contributed by atoms with E-state index in [9.17, 15) is 5.11 Å². The van der Waals surface area contributed by atoms with Crippen molar-refractivity contribution in [1.82, 2.24) is 19.6 Å². The van der Waals surface area contributed by atoms with E-state index < -0.39 is 5.60 Å². The lowest BCUT2D eigenvalue weighted by molar-refractivity contribution is -0.0337. The van der Waals surface area contributed by atoms with Crippen molar-refractivity contribution >= 4 is 11.3 Å². The number of nitrogens with two attached hydrogens (primary N) is 1. The number of nitrogens with zero attached hydrogens (tertiary/aromatic N) is 4. The van der Waals surface area contributed by atoms with Crippen molar-refractivity contribution in [3.8, 4) is 22.8 Å². The highest BCUT2D eigenvalue weighted by molar-refractivity contribution is 5.85. The van der Waals surface area contributed by atoms with Crippen molar-refractivity contribution in [3.63, 3.8) is 0 Å². The molecule has 2 aromatic heterocycles. The van der Waals surface area contributed by atoms with Crippen LogP contribution in [-0.4, -0.2) is 30.3 Å². The summed E-state index contributed by atoms with van der Waals surface area (Å²) in [6, 6.07) is 17.4. The van der Waals surface area contributed by atoms with Crippen molar-refractivity contribution in [1.29, 1.82) is 0 Å². The Kier molecular flexibility index (Phi) is 3.99. The monoisotopic (exact) mass is 387 g/mol. The van der Waals surface area contributed by atoms with Crippen molar-refractivity contribution in [3.05, 3.63) is 66.7 Å². The number of imidazole rings is 1. The molecule has 3 N–H and O–H groups in total. The Balaban J connectivity index is 1.51. The number of fused-ring (bicyclic) bond motifs is 1. The largest absolute Gasteiger partial charge is 0.457 e. The maximum Gasteiger partial charge on any atom is 0.153 e. The standard InChI is InChI=1S/C22H21N5O2/c1-22(28)11-15(12-22)21-26-18(19-20(23)24-13-25-27(19)21)14-7-9-17(10-8-14)29-16-5-3-2-4-6-16/h2-10,13,15,28H,11-12H2,1H3,(H2,23,24,25)/t15-,22+. The van der Waals surface area contributed by atoms with E-state index >= 15 is 0 Å². The molecule has 1 aliphatic carbocycles. The first-order valence-corrected chi connectivity index (χ1v) is 9.55. The zero-order valence-corrected chi connectivity index (χ0v) is 16.0. The smallest absolute Gasteiger partial charge is 0.153 e. The second kappa shape index (κ2) is 6.56. The minimum Gasteiger partial charge on any atom is -0.457 e. The molecule has 0 radical (unpaired) electrons. The Morgan fingerprint density at radius 3 is 2.45 bits per heavy atom. The van der Waals surface area contributed by atoms with Gasteiger partial charge in [-0.15, -0.1) is 0 Å². The average Bonchev–Trinajstić information content (AvgIpc) is 3.08. The molecule has 29 heavy (non-hydrogen) atoms. The number of hydrogen-bond acceptors (Lipinski definition) is 6. The third-order valence-electron chi connectivity index (χ3n) is 5.33. The van der Waals surface area contributed by atoms with Crippen LogP contribution in [0.5, 0.6) is 11.5 Å². The second-order valence-corrected chi connectivity index (χ2v) is 7.77. The van der Waals surface area contributed by atoms with Crippen LogP contribution in [0.1, 0.15) is 31.5 Å². The molecular weight excluding hydrogens is 366 g/mol. The van der Waals surface area contributed by atoms with Gasteiger partial charge in [-0.25, -0.2) is 14.5 Å². The van der Waals surface area contributed by atoms with Crippen LogP contribution in [0.25, 0.3) is 16.8 Å². The number of benzene rings is 2. The molecule has 7 heteroatoms. The molecule has 0 unspecified atom stereocenters. The molecule has 0 saturated heterocycles. The third-order valence-corrected chi connectivity index (χ3v) is 5.33. The molecule has 0 bridgehead atoms. The minimum atomic E-state index is -0.647. The van der Waals surface area contributed by atoms with Gasteiger partial charge in [0, 0.05) is 11.5 Å². The van der Waals surface area contributed by atoms with Crippen LogP contribution in [0.15, 0.2) is 60.9 Å². The Bertz CT molecular complexity index is 1160. The van der Waals surface area contributed by atoms with Gasteiger partial charge < -0.3 is 15.6 Å². The maximum absolute atomic E-state index is 10.1. The van der Waals surface area contributed by atoms with Crippen LogP contribution in [-0.2, 0) is 0 Å². The summed E-state index contributed by atoms with van der Waals surface area (Å²) in [5.41, 5.74) is 7.84. The molecule has 1 fully saturated rings. The van der Waals surface area contributed by atoms with Crippen LogP contribution in [0.3, 0.4) is 0 Å². The summed E-state index contributed by atoms with van der Waals surface area (Å²) in [5.74, 6) is 2.85. The molecule has 0 amide bonds. The number of rotatable bonds is 4. The van der Waals surface area contributed by atoms with Crippen molar-refractivity contribution < 1.29 is 9.84 Å². The molecule has 146 valence electrons. The van der Waals surface area contributed by atoms with E-state index in [0.29, 0.717) is 24.2 Å². The van der Waals surface area contributed by atoms with Gasteiger partial charge in [0.05, 0.1) is 5.60 Å². The molecular formula is C22H21N5O2. The predicted molar refractivity (Wildman–Crippen MR) is 110 cm³/mol. The number of aliphatic hydroxyl groups is 1. The Morgan fingerprint density at radius 1 is 1.07 bits per heavy atom. The van der Waals surface area contributed by atoms with Gasteiger partial charge in [0.1, 0.15) is 34.9 Å². The lowest BCUT2D eigenvalue weighted by Crippen LogP contribution is -2.40. The summed E-state index contributed by atoms with van der Waals surface area (Å²) in [5, 5.41) is 14.5. The fourth-order valence-electron chi connectivity index (χ4n) is 3.93. The first-order chi connectivity index (χ1) is 14.0. The third kappa shape index (κ3) is 3.19. The predicted octanol–water partition coefficient (Wildman–Crippen LogP) is 3.79. The molecule has 7 nitrogen and oxygen atoms in total. The van der Waals surface area contributed by atoms with Gasteiger partial charge in [-0.05, 0) is 56.2 Å².